The summed E-state index contributed by atoms with van der Waals surface area (Å²) >= 11 is 0. The van der Waals surface area contributed by atoms with Crippen LogP contribution in [0.5, 0.6) is 0 Å². The van der Waals surface area contributed by atoms with Crippen molar-refractivity contribution in [2.75, 3.05) is 0 Å². The van der Waals surface area contributed by atoms with Gasteiger partial charge in [0.2, 0.25) is 0 Å². The molecule has 0 bridgehead atoms. The van der Waals surface area contributed by atoms with Gasteiger partial charge in [-0.25, -0.2) is 0 Å². The zero-order valence-electron chi connectivity index (χ0n) is 6.47. The summed E-state index contributed by atoms with van der Waals surface area (Å²) in [4.78, 5) is 5.01. The van der Waals surface area contributed by atoms with Gasteiger partial charge in [0.15, 0.2) is 0 Å². The summed E-state index contributed by atoms with van der Waals surface area (Å²) in [6, 6.07) is 0. The van der Waals surface area contributed by atoms with E-state index < -0.39 is 0 Å². The fraction of sp³-hybridized carbons (Fsp3) is 0.875. The Kier molecular flexibility index (Phi) is 3.27. The van der Waals surface area contributed by atoms with E-state index in [2.05, 4.69) is 18.3 Å². The molecule has 0 aliphatic heterocycles. The molecular formula is C8H14NO. The first-order chi connectivity index (χ1) is 4.93. The highest BCUT2D eigenvalue weighted by Crippen LogP contribution is 2.23. The molecule has 0 heterocycles. The maximum absolute atomic E-state index is 5.01. The highest BCUT2D eigenvalue weighted by molar-refractivity contribution is 5.56. The fourth-order valence-corrected chi connectivity index (χ4v) is 0.587. The quantitative estimate of drug-likeness (QED) is 0.326. The minimum absolute atomic E-state index is 0.425. The summed E-state index contributed by atoms with van der Waals surface area (Å²) in [5, 5.41) is 3.72. The van der Waals surface area contributed by atoms with Gasteiger partial charge in [0, 0.05) is 0 Å². The Hall–Kier alpha value is -0.530. The standard InChI is InChI=1S/C8H14NO/c1-2-3-4-7-9-10-8-5-6-8/h8H,2-6H2,1H3. The van der Waals surface area contributed by atoms with Crippen LogP contribution in [0.4, 0.5) is 0 Å². The van der Waals surface area contributed by atoms with Gasteiger partial charge in [0.25, 0.3) is 0 Å². The van der Waals surface area contributed by atoms with Crippen molar-refractivity contribution in [2.24, 2.45) is 5.16 Å². The van der Waals surface area contributed by atoms with Crippen molar-refractivity contribution >= 4 is 6.21 Å². The number of unbranched alkanes of at least 4 members (excludes halogenated alkanes) is 2. The summed E-state index contributed by atoms with van der Waals surface area (Å²) in [6.07, 6.45) is 8.94. The third-order valence-electron chi connectivity index (χ3n) is 1.43. The lowest BCUT2D eigenvalue weighted by Crippen LogP contribution is -1.84. The molecule has 0 unspecified atom stereocenters. The predicted molar refractivity (Wildman–Crippen MR) is 41.1 cm³/mol. The van der Waals surface area contributed by atoms with Crippen LogP contribution in [0, 0.1) is 0 Å². The SMILES string of the molecule is CCCC/[C]=N\OC1CC1. The summed E-state index contributed by atoms with van der Waals surface area (Å²) in [5.41, 5.74) is 0. The van der Waals surface area contributed by atoms with Gasteiger partial charge in [0.05, 0.1) is 0 Å². The Morgan fingerprint density at radius 2 is 2.40 bits per heavy atom. The molecule has 0 amide bonds. The topological polar surface area (TPSA) is 21.6 Å². The minimum atomic E-state index is 0.425. The van der Waals surface area contributed by atoms with Crippen LogP contribution >= 0.6 is 0 Å². The molecule has 0 atom stereocenters. The van der Waals surface area contributed by atoms with Gasteiger partial charge in [-0.3, -0.25) is 0 Å². The summed E-state index contributed by atoms with van der Waals surface area (Å²) in [5.74, 6) is 0. The smallest absolute Gasteiger partial charge is 0.127 e. The number of nitrogens with zero attached hydrogens (tertiary/aromatic N) is 1. The van der Waals surface area contributed by atoms with Crippen molar-refractivity contribution in [1.82, 2.24) is 0 Å². The van der Waals surface area contributed by atoms with Crippen molar-refractivity contribution < 1.29 is 4.84 Å². The van der Waals surface area contributed by atoms with Gasteiger partial charge in [-0.05, 0) is 25.7 Å². The van der Waals surface area contributed by atoms with Gasteiger partial charge >= 0.3 is 0 Å². The molecule has 1 fully saturated rings. The molecule has 0 N–H and O–H groups in total. The summed E-state index contributed by atoms with van der Waals surface area (Å²) in [7, 11) is 0. The average Bonchev–Trinajstić information content (AvgIpc) is 2.71. The van der Waals surface area contributed by atoms with E-state index >= 15 is 0 Å². The lowest BCUT2D eigenvalue weighted by molar-refractivity contribution is 0.130. The molecule has 1 rings (SSSR count). The zero-order valence-corrected chi connectivity index (χ0v) is 6.47. The van der Waals surface area contributed by atoms with Gasteiger partial charge < -0.3 is 4.84 Å². The maximum Gasteiger partial charge on any atom is 0.127 e. The summed E-state index contributed by atoms with van der Waals surface area (Å²) in [6.45, 7) is 2.16. The van der Waals surface area contributed by atoms with Crippen molar-refractivity contribution in [2.45, 2.75) is 45.1 Å². The Balaban J connectivity index is 1.84. The number of hydrogen-bond donors (Lipinski definition) is 0. The van der Waals surface area contributed by atoms with Crippen LogP contribution in [-0.4, -0.2) is 12.3 Å². The molecule has 0 saturated heterocycles. The van der Waals surface area contributed by atoms with Gasteiger partial charge in [-0.1, -0.05) is 18.5 Å². The largest absolute Gasteiger partial charge is 0.392 e. The Bertz CT molecular complexity index is 108. The number of rotatable bonds is 5. The second kappa shape index (κ2) is 4.31. The third-order valence-corrected chi connectivity index (χ3v) is 1.43. The van der Waals surface area contributed by atoms with Crippen LogP contribution in [0.25, 0.3) is 0 Å². The first-order valence-corrected chi connectivity index (χ1v) is 4.02. The van der Waals surface area contributed by atoms with E-state index in [1.165, 1.54) is 19.3 Å². The summed E-state index contributed by atoms with van der Waals surface area (Å²) < 4.78 is 0. The molecule has 0 aromatic heterocycles. The van der Waals surface area contributed by atoms with E-state index in [1.807, 2.05) is 0 Å². The third kappa shape index (κ3) is 3.49. The van der Waals surface area contributed by atoms with E-state index in [-0.39, 0.29) is 0 Å². The van der Waals surface area contributed by atoms with Gasteiger partial charge in [-0.15, -0.1) is 0 Å². The van der Waals surface area contributed by atoms with Gasteiger partial charge in [0.1, 0.15) is 12.3 Å². The second-order valence-electron chi connectivity index (χ2n) is 2.66. The van der Waals surface area contributed by atoms with E-state index in [9.17, 15) is 0 Å². The van der Waals surface area contributed by atoms with Crippen molar-refractivity contribution in [3.63, 3.8) is 0 Å². The maximum atomic E-state index is 5.01. The van der Waals surface area contributed by atoms with Crippen LogP contribution < -0.4 is 0 Å². The highest BCUT2D eigenvalue weighted by Gasteiger charge is 2.23. The first-order valence-electron chi connectivity index (χ1n) is 4.02. The Morgan fingerprint density at radius 3 is 3.00 bits per heavy atom. The average molecular weight is 140 g/mol. The molecule has 0 aromatic carbocycles. The van der Waals surface area contributed by atoms with E-state index in [0.29, 0.717) is 6.10 Å². The molecule has 10 heavy (non-hydrogen) atoms. The number of hydrogen-bond acceptors (Lipinski definition) is 2. The lowest BCUT2D eigenvalue weighted by Gasteiger charge is -1.90. The normalized spacial score (nSPS) is 18.1. The van der Waals surface area contributed by atoms with Crippen LogP contribution in [0.3, 0.4) is 0 Å². The molecule has 1 radical (unpaired) electrons. The molecule has 1 aliphatic rings. The van der Waals surface area contributed by atoms with E-state index in [1.54, 1.807) is 0 Å². The van der Waals surface area contributed by atoms with Crippen LogP contribution in [0.2, 0.25) is 0 Å². The molecule has 57 valence electrons. The first kappa shape index (κ1) is 7.58. The van der Waals surface area contributed by atoms with Crippen LogP contribution in [0.1, 0.15) is 39.0 Å². The van der Waals surface area contributed by atoms with E-state index in [4.69, 9.17) is 4.84 Å². The molecule has 0 aromatic rings. The van der Waals surface area contributed by atoms with Crippen LogP contribution in [-0.2, 0) is 4.84 Å². The minimum Gasteiger partial charge on any atom is -0.392 e. The highest BCUT2D eigenvalue weighted by atomic mass is 16.6. The van der Waals surface area contributed by atoms with Crippen molar-refractivity contribution in [3.8, 4) is 0 Å². The lowest BCUT2D eigenvalue weighted by atomic mass is 10.3. The molecule has 2 nitrogen and oxygen atoms in total. The van der Waals surface area contributed by atoms with Gasteiger partial charge in [-0.2, -0.15) is 0 Å². The Morgan fingerprint density at radius 1 is 1.60 bits per heavy atom. The monoisotopic (exact) mass is 140 g/mol. The molecule has 1 saturated carbocycles. The Labute approximate surface area is 62.3 Å². The van der Waals surface area contributed by atoms with Crippen molar-refractivity contribution in [3.05, 3.63) is 0 Å². The fourth-order valence-electron chi connectivity index (χ4n) is 0.587. The molecule has 1 aliphatic carbocycles. The molecular weight excluding hydrogens is 126 g/mol. The van der Waals surface area contributed by atoms with E-state index in [0.717, 1.165) is 12.8 Å². The zero-order chi connectivity index (χ0) is 7.23. The van der Waals surface area contributed by atoms with Crippen molar-refractivity contribution in [1.29, 1.82) is 0 Å². The molecule has 0 spiro atoms. The second-order valence-corrected chi connectivity index (χ2v) is 2.66. The molecule has 2 heteroatoms. The predicted octanol–water partition coefficient (Wildman–Crippen LogP) is 2.22. The van der Waals surface area contributed by atoms with Crippen LogP contribution in [0.15, 0.2) is 5.16 Å².